The van der Waals surface area contributed by atoms with Crippen LogP contribution in [-0.2, 0) is 6.42 Å². The van der Waals surface area contributed by atoms with E-state index < -0.39 is 0 Å². The Labute approximate surface area is 105 Å². The van der Waals surface area contributed by atoms with Crippen LogP contribution in [0.5, 0.6) is 0 Å². The minimum Gasteiger partial charge on any atom is -0.440 e. The normalized spacial score (nSPS) is 15.4. The van der Waals surface area contributed by atoms with Crippen LogP contribution in [0.3, 0.4) is 0 Å². The highest BCUT2D eigenvalue weighted by Crippen LogP contribution is 2.29. The van der Waals surface area contributed by atoms with E-state index in [0.29, 0.717) is 0 Å². The van der Waals surface area contributed by atoms with Gasteiger partial charge in [-0.25, -0.2) is 4.98 Å². The van der Waals surface area contributed by atoms with Crippen LogP contribution in [0.4, 0.5) is 0 Å². The lowest BCUT2D eigenvalue weighted by Crippen LogP contribution is -2.19. The van der Waals surface area contributed by atoms with E-state index in [2.05, 4.69) is 28.7 Å². The van der Waals surface area contributed by atoms with E-state index in [1.807, 2.05) is 6.20 Å². The number of nitrogens with zero attached hydrogens (tertiary/aromatic N) is 1. The van der Waals surface area contributed by atoms with Crippen molar-refractivity contribution in [3.8, 4) is 10.6 Å². The van der Waals surface area contributed by atoms with Gasteiger partial charge in [0.1, 0.15) is 0 Å². The van der Waals surface area contributed by atoms with E-state index in [4.69, 9.17) is 4.42 Å². The van der Waals surface area contributed by atoms with Gasteiger partial charge < -0.3 is 9.73 Å². The smallest absolute Gasteiger partial charge is 0.196 e. The molecular formula is C13H16N2OS. The van der Waals surface area contributed by atoms with Crippen LogP contribution in [0.25, 0.3) is 10.6 Å². The van der Waals surface area contributed by atoms with Gasteiger partial charge in [0, 0.05) is 19.0 Å². The molecular weight excluding hydrogens is 232 g/mol. The van der Waals surface area contributed by atoms with Crippen molar-refractivity contribution >= 4 is 11.3 Å². The second-order valence-electron chi connectivity index (χ2n) is 4.53. The highest BCUT2D eigenvalue weighted by molar-refractivity contribution is 7.13. The third kappa shape index (κ3) is 2.58. The van der Waals surface area contributed by atoms with Crippen molar-refractivity contribution in [1.82, 2.24) is 10.3 Å². The fraction of sp³-hybridized carbons (Fsp3) is 0.462. The Morgan fingerprint density at radius 1 is 1.53 bits per heavy atom. The third-order valence-corrected chi connectivity index (χ3v) is 4.02. The largest absolute Gasteiger partial charge is 0.440 e. The summed E-state index contributed by atoms with van der Waals surface area (Å²) < 4.78 is 5.77. The molecule has 2 aromatic heterocycles. The summed E-state index contributed by atoms with van der Waals surface area (Å²) in [4.78, 5) is 5.52. The van der Waals surface area contributed by atoms with E-state index in [1.165, 1.54) is 23.3 Å². The fourth-order valence-electron chi connectivity index (χ4n) is 1.83. The molecule has 1 N–H and O–H groups in total. The molecule has 0 amide bonds. The summed E-state index contributed by atoms with van der Waals surface area (Å²) in [5.41, 5.74) is 1.26. The molecule has 2 heterocycles. The van der Waals surface area contributed by atoms with Crippen LogP contribution in [0, 0.1) is 6.92 Å². The van der Waals surface area contributed by atoms with Crippen molar-refractivity contribution in [3.05, 3.63) is 29.1 Å². The first-order chi connectivity index (χ1) is 8.33. The Kier molecular flexibility index (Phi) is 2.99. The number of oxazole rings is 1. The molecule has 90 valence electrons. The lowest BCUT2D eigenvalue weighted by molar-refractivity contribution is 0.495. The molecule has 0 atom stereocenters. The molecule has 3 rings (SSSR count). The van der Waals surface area contributed by atoms with Crippen molar-refractivity contribution in [2.45, 2.75) is 32.2 Å². The minimum absolute atomic E-state index is 0.754. The predicted molar refractivity (Wildman–Crippen MR) is 69.3 cm³/mol. The lowest BCUT2D eigenvalue weighted by Gasteiger charge is -1.98. The van der Waals surface area contributed by atoms with Gasteiger partial charge >= 0.3 is 0 Å². The summed E-state index contributed by atoms with van der Waals surface area (Å²) >= 11 is 1.71. The van der Waals surface area contributed by atoms with Gasteiger partial charge in [0.15, 0.2) is 11.7 Å². The monoisotopic (exact) mass is 248 g/mol. The van der Waals surface area contributed by atoms with Crippen molar-refractivity contribution < 1.29 is 4.42 Å². The summed E-state index contributed by atoms with van der Waals surface area (Å²) in [5, 5.41) is 5.55. The van der Waals surface area contributed by atoms with Crippen LogP contribution in [0.15, 0.2) is 22.1 Å². The summed E-state index contributed by atoms with van der Waals surface area (Å²) in [7, 11) is 0. The molecule has 0 spiro atoms. The highest BCUT2D eigenvalue weighted by Gasteiger charge is 2.20. The zero-order valence-electron chi connectivity index (χ0n) is 9.90. The lowest BCUT2D eigenvalue weighted by atomic mass is 10.2. The number of aromatic nitrogens is 1. The Morgan fingerprint density at radius 2 is 2.41 bits per heavy atom. The summed E-state index contributed by atoms with van der Waals surface area (Å²) in [6.07, 6.45) is 5.36. The Hall–Kier alpha value is -1.13. The third-order valence-electron chi connectivity index (χ3n) is 2.99. The van der Waals surface area contributed by atoms with Gasteiger partial charge in [-0.2, -0.15) is 0 Å². The molecule has 0 bridgehead atoms. The van der Waals surface area contributed by atoms with Crippen molar-refractivity contribution in [2.24, 2.45) is 0 Å². The number of hydrogen-bond donors (Lipinski definition) is 1. The number of aryl methyl sites for hydroxylation is 1. The number of thiophene rings is 1. The molecule has 17 heavy (non-hydrogen) atoms. The molecule has 1 saturated carbocycles. The second kappa shape index (κ2) is 4.63. The van der Waals surface area contributed by atoms with Gasteiger partial charge in [0.05, 0.1) is 11.1 Å². The summed E-state index contributed by atoms with van der Waals surface area (Å²) in [6, 6.07) is 2.86. The van der Waals surface area contributed by atoms with Crippen molar-refractivity contribution in [1.29, 1.82) is 0 Å². The van der Waals surface area contributed by atoms with Gasteiger partial charge in [-0.1, -0.05) is 0 Å². The molecule has 1 aliphatic carbocycles. The Balaban J connectivity index is 1.63. The molecule has 0 aromatic carbocycles. The van der Waals surface area contributed by atoms with Gasteiger partial charge in [-0.15, -0.1) is 11.3 Å². The van der Waals surface area contributed by atoms with Crippen LogP contribution in [0.1, 0.15) is 24.3 Å². The number of hydrogen-bond acceptors (Lipinski definition) is 4. The first-order valence-electron chi connectivity index (χ1n) is 6.05. The molecule has 0 aliphatic heterocycles. The minimum atomic E-state index is 0.754. The molecule has 1 fully saturated rings. The summed E-state index contributed by atoms with van der Waals surface area (Å²) in [5.74, 6) is 1.74. The molecule has 0 saturated heterocycles. The van der Waals surface area contributed by atoms with Crippen LogP contribution in [0.2, 0.25) is 0 Å². The van der Waals surface area contributed by atoms with E-state index >= 15 is 0 Å². The maximum atomic E-state index is 5.77. The van der Waals surface area contributed by atoms with Gasteiger partial charge in [-0.3, -0.25) is 0 Å². The highest BCUT2D eigenvalue weighted by atomic mass is 32.1. The predicted octanol–water partition coefficient (Wildman–Crippen LogP) is 3.01. The van der Waals surface area contributed by atoms with Gasteiger partial charge in [0.25, 0.3) is 0 Å². The standard InChI is InChI=1S/C13H16N2OS/c1-9-5-7-17-13(9)11-8-15-12(16-11)4-6-14-10-2-3-10/h5,7-8,10,14H,2-4,6H2,1H3. The van der Waals surface area contributed by atoms with E-state index in [9.17, 15) is 0 Å². The zero-order chi connectivity index (χ0) is 11.7. The SMILES string of the molecule is Cc1ccsc1-c1cnc(CCNC2CC2)o1. The van der Waals surface area contributed by atoms with Gasteiger partial charge in [0.2, 0.25) is 0 Å². The first-order valence-corrected chi connectivity index (χ1v) is 6.93. The Morgan fingerprint density at radius 3 is 3.12 bits per heavy atom. The number of nitrogens with one attached hydrogen (secondary N) is 1. The van der Waals surface area contributed by atoms with E-state index in [1.54, 1.807) is 11.3 Å². The molecule has 3 nitrogen and oxygen atoms in total. The maximum Gasteiger partial charge on any atom is 0.196 e. The molecule has 2 aromatic rings. The topological polar surface area (TPSA) is 38.1 Å². The Bertz CT molecular complexity index is 499. The zero-order valence-corrected chi connectivity index (χ0v) is 10.7. The first kappa shape index (κ1) is 11.0. The van der Waals surface area contributed by atoms with Gasteiger partial charge in [-0.05, 0) is 36.8 Å². The second-order valence-corrected chi connectivity index (χ2v) is 5.45. The van der Waals surface area contributed by atoms with Crippen molar-refractivity contribution in [2.75, 3.05) is 6.54 Å². The van der Waals surface area contributed by atoms with Crippen LogP contribution >= 0.6 is 11.3 Å². The van der Waals surface area contributed by atoms with Crippen LogP contribution in [-0.4, -0.2) is 17.6 Å². The number of rotatable bonds is 5. The van der Waals surface area contributed by atoms with Crippen LogP contribution < -0.4 is 5.32 Å². The molecule has 1 aliphatic rings. The quantitative estimate of drug-likeness (QED) is 0.884. The van der Waals surface area contributed by atoms with E-state index in [0.717, 1.165) is 30.7 Å². The fourth-order valence-corrected chi connectivity index (χ4v) is 2.70. The molecule has 4 heteroatoms. The summed E-state index contributed by atoms with van der Waals surface area (Å²) in [6.45, 7) is 3.07. The van der Waals surface area contributed by atoms with E-state index in [-0.39, 0.29) is 0 Å². The maximum absolute atomic E-state index is 5.77. The average molecular weight is 248 g/mol. The molecule has 0 radical (unpaired) electrons. The molecule has 0 unspecified atom stereocenters. The van der Waals surface area contributed by atoms with Crippen molar-refractivity contribution in [3.63, 3.8) is 0 Å². The average Bonchev–Trinajstić information content (AvgIpc) is 2.85.